The van der Waals surface area contributed by atoms with Crippen LogP contribution in [0.25, 0.3) is 0 Å². The fourth-order valence-corrected chi connectivity index (χ4v) is 0. The number of nitrogens with zero attached hydrogens (tertiary/aromatic N) is 1. The molecule has 0 atom stereocenters. The topological polar surface area (TPSA) is 20.3 Å². The van der Waals surface area contributed by atoms with E-state index in [1.807, 2.05) is 0 Å². The van der Waals surface area contributed by atoms with Gasteiger partial charge in [-0.25, -0.2) is 0 Å². The van der Waals surface area contributed by atoms with Gasteiger partial charge >= 0.3 is 0 Å². The van der Waals surface area contributed by atoms with Crippen LogP contribution >= 0.6 is 13.5 Å². The van der Waals surface area contributed by atoms with Gasteiger partial charge in [0.25, 0.3) is 0 Å². The summed E-state index contributed by atoms with van der Waals surface area (Å²) >= 11 is 0. The summed E-state index contributed by atoms with van der Waals surface area (Å²) in [6.45, 7) is 1.53. The lowest BCUT2D eigenvalue weighted by Gasteiger charge is -2.02. The van der Waals surface area contributed by atoms with Gasteiger partial charge in [0.1, 0.15) is 0 Å². The highest BCUT2D eigenvalue weighted by molar-refractivity contribution is 7.59. The average molecular weight is 121 g/mol. The quantitative estimate of drug-likeness (QED) is 0.448. The van der Waals surface area contributed by atoms with E-state index in [0.29, 0.717) is 0 Å². The van der Waals surface area contributed by atoms with Crippen LogP contribution in [-0.4, -0.2) is 24.9 Å². The van der Waals surface area contributed by atoms with Gasteiger partial charge in [0.2, 0.25) is 5.91 Å². The molecule has 0 fully saturated rings. The van der Waals surface area contributed by atoms with Gasteiger partial charge in [-0.15, -0.1) is 0 Å². The molecule has 0 radical (unpaired) electrons. The lowest BCUT2D eigenvalue weighted by molar-refractivity contribution is -0.126. The second-order valence-corrected chi connectivity index (χ2v) is 1.41. The molecular formula is C4H11NOS. The van der Waals surface area contributed by atoms with Crippen LogP contribution in [0.2, 0.25) is 0 Å². The van der Waals surface area contributed by atoms with E-state index in [4.69, 9.17) is 0 Å². The van der Waals surface area contributed by atoms with Crippen molar-refractivity contribution in [3.63, 3.8) is 0 Å². The third kappa shape index (κ3) is 5.82. The maximum Gasteiger partial charge on any atom is 0.218 e. The highest BCUT2D eigenvalue weighted by Crippen LogP contribution is 1.69. The molecule has 0 unspecified atom stereocenters. The van der Waals surface area contributed by atoms with Gasteiger partial charge in [0, 0.05) is 21.0 Å². The Balaban J connectivity index is 0. The Morgan fingerprint density at radius 1 is 1.43 bits per heavy atom. The Kier molecular flexibility index (Phi) is 5.67. The number of carbonyl (C=O) groups is 1. The molecule has 0 aliphatic carbocycles. The number of rotatable bonds is 0. The zero-order chi connectivity index (χ0) is 5.15. The van der Waals surface area contributed by atoms with Crippen LogP contribution in [0.3, 0.4) is 0 Å². The van der Waals surface area contributed by atoms with Crippen molar-refractivity contribution in [1.29, 1.82) is 0 Å². The maximum absolute atomic E-state index is 10.1. The lowest BCUT2D eigenvalue weighted by atomic mass is 10.7. The molecule has 0 aromatic heterocycles. The summed E-state index contributed by atoms with van der Waals surface area (Å²) in [4.78, 5) is 11.6. The summed E-state index contributed by atoms with van der Waals surface area (Å²) < 4.78 is 0. The fourth-order valence-electron chi connectivity index (χ4n) is 0. The normalized spacial score (nSPS) is 6.71. The minimum atomic E-state index is 0. The molecule has 0 saturated heterocycles. The van der Waals surface area contributed by atoms with Crippen molar-refractivity contribution in [2.24, 2.45) is 0 Å². The van der Waals surface area contributed by atoms with Crippen LogP contribution in [0.15, 0.2) is 0 Å². The molecule has 0 bridgehead atoms. The Hall–Kier alpha value is -0.180. The van der Waals surface area contributed by atoms with Gasteiger partial charge in [0.15, 0.2) is 0 Å². The molecule has 0 saturated carbocycles. The Morgan fingerprint density at radius 2 is 1.57 bits per heavy atom. The summed E-state index contributed by atoms with van der Waals surface area (Å²) in [5.74, 6) is 0.0926. The smallest absolute Gasteiger partial charge is 0.218 e. The number of hydrogen-bond acceptors (Lipinski definition) is 1. The first kappa shape index (κ1) is 9.94. The molecule has 44 valence electrons. The van der Waals surface area contributed by atoms with Crippen molar-refractivity contribution < 1.29 is 4.79 Å². The van der Waals surface area contributed by atoms with Gasteiger partial charge in [-0.05, 0) is 0 Å². The van der Waals surface area contributed by atoms with Crippen LogP contribution in [-0.2, 0) is 4.79 Å². The van der Waals surface area contributed by atoms with Crippen molar-refractivity contribution in [3.8, 4) is 0 Å². The summed E-state index contributed by atoms with van der Waals surface area (Å²) in [6, 6.07) is 0. The molecule has 0 spiro atoms. The molecule has 7 heavy (non-hydrogen) atoms. The van der Waals surface area contributed by atoms with Crippen LogP contribution in [0.5, 0.6) is 0 Å². The molecule has 0 heterocycles. The Morgan fingerprint density at radius 3 is 1.57 bits per heavy atom. The predicted molar refractivity (Wildman–Crippen MR) is 34.7 cm³/mol. The SMILES string of the molecule is CC(=O)N(C)C.S. The number of carbonyl (C=O) groups excluding carboxylic acids is 1. The van der Waals surface area contributed by atoms with Gasteiger partial charge in [0.05, 0.1) is 0 Å². The molecule has 0 aliphatic heterocycles. The molecule has 0 aromatic carbocycles. The molecule has 0 N–H and O–H groups in total. The first-order valence-corrected chi connectivity index (χ1v) is 1.82. The standard InChI is InChI=1S/C4H9NO.H2S/c1-4(6)5(2)3;/h1-3H3;1H2. The predicted octanol–water partition coefficient (Wildman–Crippen LogP) is 0.207. The summed E-state index contributed by atoms with van der Waals surface area (Å²) in [7, 11) is 3.45. The Bertz CT molecular complexity index is 62.7. The number of hydrogen-bond donors (Lipinski definition) is 0. The summed E-state index contributed by atoms with van der Waals surface area (Å²) in [6.07, 6.45) is 0. The second-order valence-electron chi connectivity index (χ2n) is 1.41. The third-order valence-corrected chi connectivity index (χ3v) is 0.630. The lowest BCUT2D eigenvalue weighted by Crippen LogP contribution is -2.17. The summed E-state index contributed by atoms with van der Waals surface area (Å²) in [5.41, 5.74) is 0. The Labute approximate surface area is 50.9 Å². The minimum Gasteiger partial charge on any atom is -0.349 e. The van der Waals surface area contributed by atoms with Gasteiger partial charge in [-0.3, -0.25) is 4.79 Å². The molecule has 3 heteroatoms. The van der Waals surface area contributed by atoms with Crippen molar-refractivity contribution in [2.75, 3.05) is 14.1 Å². The van der Waals surface area contributed by atoms with E-state index < -0.39 is 0 Å². The second kappa shape index (κ2) is 3.99. The van der Waals surface area contributed by atoms with Crippen molar-refractivity contribution in [1.82, 2.24) is 4.90 Å². The highest BCUT2D eigenvalue weighted by atomic mass is 32.1. The molecule has 1 amide bonds. The largest absolute Gasteiger partial charge is 0.349 e. The van der Waals surface area contributed by atoms with Crippen LogP contribution in [0.4, 0.5) is 0 Å². The van der Waals surface area contributed by atoms with Gasteiger partial charge in [-0.1, -0.05) is 0 Å². The molecule has 0 aliphatic rings. The van der Waals surface area contributed by atoms with E-state index in [1.165, 1.54) is 11.8 Å². The van der Waals surface area contributed by atoms with Gasteiger partial charge < -0.3 is 4.90 Å². The molecule has 2 nitrogen and oxygen atoms in total. The highest BCUT2D eigenvalue weighted by Gasteiger charge is 1.87. The summed E-state index contributed by atoms with van der Waals surface area (Å²) in [5, 5.41) is 0. The monoisotopic (exact) mass is 121 g/mol. The van der Waals surface area contributed by atoms with E-state index in [2.05, 4.69) is 0 Å². The van der Waals surface area contributed by atoms with E-state index in [0.717, 1.165) is 0 Å². The van der Waals surface area contributed by atoms with E-state index >= 15 is 0 Å². The van der Waals surface area contributed by atoms with Crippen LogP contribution in [0.1, 0.15) is 6.92 Å². The van der Waals surface area contributed by atoms with E-state index in [-0.39, 0.29) is 19.4 Å². The third-order valence-electron chi connectivity index (χ3n) is 0.630. The molecule has 0 rings (SSSR count). The zero-order valence-electron chi connectivity index (χ0n) is 4.86. The fraction of sp³-hybridized carbons (Fsp3) is 0.750. The average Bonchev–Trinajstić information content (AvgIpc) is 1.36. The van der Waals surface area contributed by atoms with E-state index in [1.54, 1.807) is 14.1 Å². The zero-order valence-corrected chi connectivity index (χ0v) is 5.86. The van der Waals surface area contributed by atoms with Gasteiger partial charge in [-0.2, -0.15) is 13.5 Å². The minimum absolute atomic E-state index is 0. The van der Waals surface area contributed by atoms with Crippen LogP contribution in [0, 0.1) is 0 Å². The first-order chi connectivity index (χ1) is 2.64. The molecular weight excluding hydrogens is 110 g/mol. The molecule has 0 aromatic rings. The maximum atomic E-state index is 10.1. The first-order valence-electron chi connectivity index (χ1n) is 1.82. The van der Waals surface area contributed by atoms with Crippen molar-refractivity contribution in [2.45, 2.75) is 6.92 Å². The van der Waals surface area contributed by atoms with E-state index in [9.17, 15) is 4.79 Å². The van der Waals surface area contributed by atoms with Crippen LogP contribution < -0.4 is 0 Å². The van der Waals surface area contributed by atoms with Crippen molar-refractivity contribution in [3.05, 3.63) is 0 Å². The number of amides is 1. The van der Waals surface area contributed by atoms with Crippen molar-refractivity contribution >= 4 is 19.4 Å².